The second-order valence-corrected chi connectivity index (χ2v) is 3.92. The largest absolute Gasteiger partial charge is 0.385 e. The lowest BCUT2D eigenvalue weighted by Crippen LogP contribution is -2.53. The van der Waals surface area contributed by atoms with Gasteiger partial charge in [-0.3, -0.25) is 4.90 Å². The number of hydrogen-bond donors (Lipinski definition) is 1. The van der Waals surface area contributed by atoms with E-state index in [4.69, 9.17) is 4.74 Å². The zero-order valence-corrected chi connectivity index (χ0v) is 9.05. The fourth-order valence-electron chi connectivity index (χ4n) is 1.97. The summed E-state index contributed by atoms with van der Waals surface area (Å²) in [4.78, 5) is 2.57. The molecule has 1 rings (SSSR count). The lowest BCUT2D eigenvalue weighted by atomic mass is 10.1. The van der Waals surface area contributed by atoms with Crippen LogP contribution in [0.4, 0.5) is 0 Å². The van der Waals surface area contributed by atoms with Crippen molar-refractivity contribution in [3.8, 4) is 0 Å². The average molecular weight is 186 g/mol. The van der Waals surface area contributed by atoms with Gasteiger partial charge in [0.05, 0.1) is 0 Å². The van der Waals surface area contributed by atoms with Crippen LogP contribution in [0.15, 0.2) is 0 Å². The molecule has 1 aliphatic rings. The first-order valence-corrected chi connectivity index (χ1v) is 5.21. The lowest BCUT2D eigenvalue weighted by Gasteiger charge is -2.38. The van der Waals surface area contributed by atoms with E-state index in [-0.39, 0.29) is 0 Å². The number of piperazine rings is 1. The van der Waals surface area contributed by atoms with Crippen LogP contribution < -0.4 is 5.32 Å². The minimum atomic E-state index is 0.650. The third-order valence-corrected chi connectivity index (χ3v) is 2.86. The first-order chi connectivity index (χ1) is 6.25. The van der Waals surface area contributed by atoms with E-state index in [0.717, 1.165) is 26.1 Å². The van der Waals surface area contributed by atoms with E-state index in [2.05, 4.69) is 24.1 Å². The summed E-state index contributed by atoms with van der Waals surface area (Å²) in [6, 6.07) is 1.32. The van der Waals surface area contributed by atoms with E-state index in [0.29, 0.717) is 12.1 Å². The number of ether oxygens (including phenoxy) is 1. The molecule has 0 radical (unpaired) electrons. The summed E-state index contributed by atoms with van der Waals surface area (Å²) in [5.74, 6) is 0. The highest BCUT2D eigenvalue weighted by atomic mass is 16.5. The Balaban J connectivity index is 2.30. The summed E-state index contributed by atoms with van der Waals surface area (Å²) in [5.41, 5.74) is 0. The molecule has 1 N–H and O–H groups in total. The summed E-state index contributed by atoms with van der Waals surface area (Å²) in [5, 5.41) is 3.40. The standard InChI is InChI=1S/C10H22N2O/c1-9(4-7-13-3)12-6-5-11-8-10(12)2/h9-11H,4-8H2,1-3H3/t9?,10-/m1/s1. The molecule has 13 heavy (non-hydrogen) atoms. The average Bonchev–Trinajstić information content (AvgIpc) is 2.15. The minimum Gasteiger partial charge on any atom is -0.385 e. The molecule has 0 saturated carbocycles. The van der Waals surface area contributed by atoms with Gasteiger partial charge in [0.25, 0.3) is 0 Å². The van der Waals surface area contributed by atoms with Gasteiger partial charge in [0.2, 0.25) is 0 Å². The lowest BCUT2D eigenvalue weighted by molar-refractivity contribution is 0.0942. The Morgan fingerprint density at radius 1 is 1.62 bits per heavy atom. The smallest absolute Gasteiger partial charge is 0.0477 e. The molecule has 0 amide bonds. The summed E-state index contributed by atoms with van der Waals surface area (Å²) in [7, 11) is 1.77. The molecule has 1 heterocycles. The first kappa shape index (κ1) is 11.0. The predicted molar refractivity (Wildman–Crippen MR) is 55.0 cm³/mol. The van der Waals surface area contributed by atoms with Crippen molar-refractivity contribution >= 4 is 0 Å². The summed E-state index contributed by atoms with van der Waals surface area (Å²) in [6.07, 6.45) is 1.14. The van der Waals surface area contributed by atoms with Crippen LogP contribution >= 0.6 is 0 Å². The molecule has 1 fully saturated rings. The maximum atomic E-state index is 5.10. The van der Waals surface area contributed by atoms with Crippen LogP contribution in [0.5, 0.6) is 0 Å². The van der Waals surface area contributed by atoms with E-state index in [9.17, 15) is 0 Å². The van der Waals surface area contributed by atoms with Crippen molar-refractivity contribution in [1.29, 1.82) is 0 Å². The highest BCUT2D eigenvalue weighted by molar-refractivity contribution is 4.80. The Labute approximate surface area is 81.4 Å². The van der Waals surface area contributed by atoms with Crippen molar-refractivity contribution in [1.82, 2.24) is 10.2 Å². The minimum absolute atomic E-state index is 0.650. The maximum Gasteiger partial charge on any atom is 0.0477 e. The normalized spacial score (nSPS) is 27.5. The molecule has 2 atom stereocenters. The number of nitrogens with zero attached hydrogens (tertiary/aromatic N) is 1. The molecule has 3 nitrogen and oxygen atoms in total. The van der Waals surface area contributed by atoms with Crippen molar-refractivity contribution in [2.24, 2.45) is 0 Å². The summed E-state index contributed by atoms with van der Waals surface area (Å²) < 4.78 is 5.10. The molecular formula is C10H22N2O. The first-order valence-electron chi connectivity index (χ1n) is 5.21. The Kier molecular flexibility index (Phi) is 4.70. The monoisotopic (exact) mass is 186 g/mol. The van der Waals surface area contributed by atoms with Gasteiger partial charge in [-0.1, -0.05) is 0 Å². The van der Waals surface area contributed by atoms with E-state index >= 15 is 0 Å². The van der Waals surface area contributed by atoms with Gasteiger partial charge in [0.15, 0.2) is 0 Å². The molecule has 0 aliphatic carbocycles. The number of hydrogen-bond acceptors (Lipinski definition) is 3. The van der Waals surface area contributed by atoms with Crippen molar-refractivity contribution in [3.63, 3.8) is 0 Å². The second-order valence-electron chi connectivity index (χ2n) is 3.92. The molecule has 3 heteroatoms. The van der Waals surface area contributed by atoms with Gasteiger partial charge >= 0.3 is 0 Å². The maximum absolute atomic E-state index is 5.10. The molecule has 0 spiro atoms. The van der Waals surface area contributed by atoms with Crippen molar-refractivity contribution in [3.05, 3.63) is 0 Å². The van der Waals surface area contributed by atoms with Gasteiger partial charge in [-0.25, -0.2) is 0 Å². The SMILES string of the molecule is COCCC(C)N1CCNC[C@H]1C. The van der Waals surface area contributed by atoms with Crippen LogP contribution in [0.3, 0.4) is 0 Å². The molecule has 0 aromatic heterocycles. The molecule has 78 valence electrons. The van der Waals surface area contributed by atoms with Crippen LogP contribution in [-0.4, -0.2) is 50.3 Å². The molecule has 1 unspecified atom stereocenters. The molecule has 0 aromatic rings. The second kappa shape index (κ2) is 5.58. The van der Waals surface area contributed by atoms with Crippen molar-refractivity contribution in [2.45, 2.75) is 32.4 Å². The quantitative estimate of drug-likeness (QED) is 0.699. The molecule has 0 aromatic carbocycles. The molecule has 1 saturated heterocycles. The summed E-state index contributed by atoms with van der Waals surface area (Å²) in [6.45, 7) is 8.87. The van der Waals surface area contributed by atoms with Crippen molar-refractivity contribution in [2.75, 3.05) is 33.4 Å². The Morgan fingerprint density at radius 2 is 2.38 bits per heavy atom. The molecule has 1 aliphatic heterocycles. The zero-order valence-electron chi connectivity index (χ0n) is 9.05. The number of rotatable bonds is 4. The Bertz CT molecular complexity index is 141. The van der Waals surface area contributed by atoms with E-state index in [1.54, 1.807) is 7.11 Å². The van der Waals surface area contributed by atoms with Crippen LogP contribution in [0.25, 0.3) is 0 Å². The third kappa shape index (κ3) is 3.25. The third-order valence-electron chi connectivity index (χ3n) is 2.86. The van der Waals surface area contributed by atoms with Crippen molar-refractivity contribution < 1.29 is 4.74 Å². The summed E-state index contributed by atoms with van der Waals surface area (Å²) >= 11 is 0. The van der Waals surface area contributed by atoms with Gasteiger partial charge in [-0.05, 0) is 20.3 Å². The van der Waals surface area contributed by atoms with Crippen LogP contribution in [0, 0.1) is 0 Å². The van der Waals surface area contributed by atoms with Gasteiger partial charge in [0, 0.05) is 45.4 Å². The fraction of sp³-hybridized carbons (Fsp3) is 1.00. The number of methoxy groups -OCH3 is 1. The zero-order chi connectivity index (χ0) is 9.68. The number of nitrogens with one attached hydrogen (secondary N) is 1. The molecule has 0 bridgehead atoms. The van der Waals surface area contributed by atoms with Gasteiger partial charge in [-0.2, -0.15) is 0 Å². The predicted octanol–water partition coefficient (Wildman–Crippen LogP) is 0.705. The Morgan fingerprint density at radius 3 is 3.00 bits per heavy atom. The molecular weight excluding hydrogens is 164 g/mol. The van der Waals surface area contributed by atoms with E-state index in [1.807, 2.05) is 0 Å². The van der Waals surface area contributed by atoms with Gasteiger partial charge in [-0.15, -0.1) is 0 Å². The highest BCUT2D eigenvalue weighted by Crippen LogP contribution is 2.10. The fourth-order valence-corrected chi connectivity index (χ4v) is 1.97. The highest BCUT2D eigenvalue weighted by Gasteiger charge is 2.22. The van der Waals surface area contributed by atoms with Gasteiger partial charge < -0.3 is 10.1 Å². The Hall–Kier alpha value is -0.120. The van der Waals surface area contributed by atoms with Crippen LogP contribution in [0.1, 0.15) is 20.3 Å². The van der Waals surface area contributed by atoms with Crippen LogP contribution in [0.2, 0.25) is 0 Å². The van der Waals surface area contributed by atoms with Crippen LogP contribution in [-0.2, 0) is 4.74 Å². The van der Waals surface area contributed by atoms with Gasteiger partial charge in [0.1, 0.15) is 0 Å². The van der Waals surface area contributed by atoms with E-state index in [1.165, 1.54) is 6.54 Å². The van der Waals surface area contributed by atoms with E-state index < -0.39 is 0 Å². The topological polar surface area (TPSA) is 24.5 Å².